The van der Waals surface area contributed by atoms with Gasteiger partial charge in [-0.2, -0.15) is 0 Å². The average Bonchev–Trinajstić information content (AvgIpc) is 3.00. The van der Waals surface area contributed by atoms with Crippen LogP contribution < -0.4 is 5.32 Å². The molecule has 0 bridgehead atoms. The van der Waals surface area contributed by atoms with Crippen LogP contribution in [0.4, 0.5) is 4.79 Å². The molecule has 1 heterocycles. The Morgan fingerprint density at radius 2 is 2.14 bits per heavy atom. The largest absolute Gasteiger partial charge is 0.481 e. The molecule has 1 saturated heterocycles. The van der Waals surface area contributed by atoms with Crippen LogP contribution in [0.2, 0.25) is 0 Å². The third-order valence-corrected chi connectivity index (χ3v) is 3.65. The molecule has 2 N–H and O–H groups in total. The zero-order valence-corrected chi connectivity index (χ0v) is 12.0. The van der Waals surface area contributed by atoms with E-state index in [1.165, 1.54) is 0 Å². The minimum Gasteiger partial charge on any atom is -0.481 e. The number of ether oxygens (including phenoxy) is 1. The van der Waals surface area contributed by atoms with Gasteiger partial charge in [0.1, 0.15) is 0 Å². The third kappa shape index (κ3) is 4.19. The molecule has 1 aliphatic heterocycles. The Hall–Kier alpha value is -2.08. The van der Waals surface area contributed by atoms with Crippen LogP contribution in [0.1, 0.15) is 24.4 Å². The van der Waals surface area contributed by atoms with Gasteiger partial charge in [0, 0.05) is 13.7 Å². The van der Waals surface area contributed by atoms with Gasteiger partial charge in [-0.3, -0.25) is 4.79 Å². The molecule has 2 rings (SSSR count). The van der Waals surface area contributed by atoms with Gasteiger partial charge < -0.3 is 20.1 Å². The smallest absolute Gasteiger partial charge is 0.317 e. The van der Waals surface area contributed by atoms with E-state index in [1.807, 2.05) is 30.3 Å². The quantitative estimate of drug-likeness (QED) is 0.864. The Morgan fingerprint density at radius 1 is 1.43 bits per heavy atom. The molecule has 2 amide bonds. The molecule has 2 atom stereocenters. The Kier molecular flexibility index (Phi) is 5.16. The molecular formula is C15H20N2O4. The van der Waals surface area contributed by atoms with Crippen LogP contribution in [0.15, 0.2) is 30.3 Å². The second-order valence-electron chi connectivity index (χ2n) is 5.14. The summed E-state index contributed by atoms with van der Waals surface area (Å²) >= 11 is 0. The highest BCUT2D eigenvalue weighted by atomic mass is 16.5. The first-order chi connectivity index (χ1) is 10.1. The number of nitrogens with one attached hydrogen (secondary N) is 1. The number of benzene rings is 1. The van der Waals surface area contributed by atoms with Gasteiger partial charge in [0.05, 0.1) is 25.1 Å². The standard InChI is InChI=1S/C15H20N2O4/c1-17(12-7-8-21-10-12)15(20)16-13(9-14(18)19)11-5-3-2-4-6-11/h2-6,12-13H,7-10H2,1H3,(H,16,20)(H,18,19). The Balaban J connectivity index is 2.04. The number of aliphatic carboxylic acids is 1. The van der Waals surface area contributed by atoms with Gasteiger partial charge in [-0.05, 0) is 12.0 Å². The maximum atomic E-state index is 12.3. The zero-order valence-electron chi connectivity index (χ0n) is 12.0. The summed E-state index contributed by atoms with van der Waals surface area (Å²) in [7, 11) is 1.71. The Labute approximate surface area is 123 Å². The van der Waals surface area contributed by atoms with E-state index < -0.39 is 12.0 Å². The predicted molar refractivity (Wildman–Crippen MR) is 77.0 cm³/mol. The predicted octanol–water partition coefficient (Wildman–Crippen LogP) is 1.63. The molecule has 2 unspecified atom stereocenters. The maximum absolute atomic E-state index is 12.3. The van der Waals surface area contributed by atoms with Gasteiger partial charge in [0.25, 0.3) is 0 Å². The van der Waals surface area contributed by atoms with E-state index in [-0.39, 0.29) is 18.5 Å². The summed E-state index contributed by atoms with van der Waals surface area (Å²) < 4.78 is 5.27. The van der Waals surface area contributed by atoms with E-state index in [2.05, 4.69) is 5.32 Å². The number of urea groups is 1. The van der Waals surface area contributed by atoms with Gasteiger partial charge in [0.2, 0.25) is 0 Å². The van der Waals surface area contributed by atoms with E-state index in [0.29, 0.717) is 13.2 Å². The van der Waals surface area contributed by atoms with Gasteiger partial charge in [-0.1, -0.05) is 30.3 Å². The summed E-state index contributed by atoms with van der Waals surface area (Å²) in [5.41, 5.74) is 0.782. The first-order valence-corrected chi connectivity index (χ1v) is 6.95. The fourth-order valence-electron chi connectivity index (χ4n) is 2.36. The van der Waals surface area contributed by atoms with Crippen LogP contribution in [0.25, 0.3) is 0 Å². The molecule has 114 valence electrons. The van der Waals surface area contributed by atoms with E-state index in [1.54, 1.807) is 11.9 Å². The van der Waals surface area contributed by atoms with Crippen molar-refractivity contribution in [2.45, 2.75) is 24.9 Å². The number of carboxylic acids is 1. The van der Waals surface area contributed by atoms with Crippen LogP contribution >= 0.6 is 0 Å². The highest BCUT2D eigenvalue weighted by Crippen LogP contribution is 2.18. The van der Waals surface area contributed by atoms with Crippen LogP contribution in [0.5, 0.6) is 0 Å². The molecule has 6 nitrogen and oxygen atoms in total. The van der Waals surface area contributed by atoms with Gasteiger partial charge >= 0.3 is 12.0 Å². The Morgan fingerprint density at radius 3 is 2.71 bits per heavy atom. The van der Waals surface area contributed by atoms with Crippen LogP contribution in [-0.2, 0) is 9.53 Å². The lowest BCUT2D eigenvalue weighted by molar-refractivity contribution is -0.137. The average molecular weight is 292 g/mol. The topological polar surface area (TPSA) is 78.9 Å². The minimum atomic E-state index is -0.948. The van der Waals surface area contributed by atoms with Crippen molar-refractivity contribution in [1.82, 2.24) is 10.2 Å². The molecule has 1 aliphatic rings. The third-order valence-electron chi connectivity index (χ3n) is 3.65. The van der Waals surface area contributed by atoms with Crippen molar-refractivity contribution in [3.63, 3.8) is 0 Å². The highest BCUT2D eigenvalue weighted by molar-refractivity contribution is 5.76. The molecule has 1 aromatic rings. The van der Waals surface area contributed by atoms with Crippen molar-refractivity contribution in [3.05, 3.63) is 35.9 Å². The molecule has 0 aromatic heterocycles. The SMILES string of the molecule is CN(C(=O)NC(CC(=O)O)c1ccccc1)C1CCOC1. The van der Waals surface area contributed by atoms with Crippen LogP contribution in [-0.4, -0.2) is 48.3 Å². The number of nitrogens with zero attached hydrogens (tertiary/aromatic N) is 1. The van der Waals surface area contributed by atoms with Gasteiger partial charge in [0.15, 0.2) is 0 Å². The molecular weight excluding hydrogens is 272 g/mol. The van der Waals surface area contributed by atoms with Crippen LogP contribution in [0.3, 0.4) is 0 Å². The van der Waals surface area contributed by atoms with Crippen molar-refractivity contribution in [2.24, 2.45) is 0 Å². The summed E-state index contributed by atoms with van der Waals surface area (Å²) in [6.07, 6.45) is 0.656. The molecule has 1 fully saturated rings. The van der Waals surface area contributed by atoms with Crippen LogP contribution in [0, 0.1) is 0 Å². The molecule has 0 spiro atoms. The fraction of sp³-hybridized carbons (Fsp3) is 0.467. The highest BCUT2D eigenvalue weighted by Gasteiger charge is 2.26. The number of likely N-dealkylation sites (N-methyl/N-ethyl adjacent to an activating group) is 1. The monoisotopic (exact) mass is 292 g/mol. The van der Waals surface area contributed by atoms with E-state index in [9.17, 15) is 9.59 Å². The number of amides is 2. The second-order valence-corrected chi connectivity index (χ2v) is 5.14. The van der Waals surface area contributed by atoms with Crippen molar-refractivity contribution >= 4 is 12.0 Å². The van der Waals surface area contributed by atoms with E-state index in [4.69, 9.17) is 9.84 Å². The summed E-state index contributed by atoms with van der Waals surface area (Å²) in [5.74, 6) is -0.948. The lowest BCUT2D eigenvalue weighted by atomic mass is 10.0. The minimum absolute atomic E-state index is 0.0475. The second kappa shape index (κ2) is 7.08. The zero-order chi connectivity index (χ0) is 15.2. The molecule has 0 aliphatic carbocycles. The van der Waals surface area contributed by atoms with E-state index >= 15 is 0 Å². The summed E-state index contributed by atoms with van der Waals surface area (Å²) in [5, 5.41) is 11.8. The summed E-state index contributed by atoms with van der Waals surface area (Å²) in [6.45, 7) is 1.18. The maximum Gasteiger partial charge on any atom is 0.317 e. The van der Waals surface area contributed by atoms with Gasteiger partial charge in [-0.15, -0.1) is 0 Å². The van der Waals surface area contributed by atoms with Crippen molar-refractivity contribution in [1.29, 1.82) is 0 Å². The molecule has 6 heteroatoms. The number of carboxylic acid groups (broad SMARTS) is 1. The Bertz CT molecular complexity index is 486. The number of hydrogen-bond acceptors (Lipinski definition) is 3. The van der Waals surface area contributed by atoms with Crippen molar-refractivity contribution in [2.75, 3.05) is 20.3 Å². The molecule has 0 radical (unpaired) electrons. The molecule has 0 saturated carbocycles. The summed E-state index contributed by atoms with van der Waals surface area (Å²) in [4.78, 5) is 24.9. The number of carbonyl (C=O) groups is 2. The lowest BCUT2D eigenvalue weighted by Gasteiger charge is -2.26. The number of rotatable bonds is 5. The number of hydrogen-bond donors (Lipinski definition) is 2. The first-order valence-electron chi connectivity index (χ1n) is 6.95. The first kappa shape index (κ1) is 15.3. The van der Waals surface area contributed by atoms with Crippen molar-refractivity contribution in [3.8, 4) is 0 Å². The fourth-order valence-corrected chi connectivity index (χ4v) is 2.36. The van der Waals surface area contributed by atoms with Gasteiger partial charge in [-0.25, -0.2) is 4.79 Å². The van der Waals surface area contributed by atoms with Crippen molar-refractivity contribution < 1.29 is 19.4 Å². The normalized spacial score (nSPS) is 19.0. The van der Waals surface area contributed by atoms with E-state index in [0.717, 1.165) is 12.0 Å². The molecule has 21 heavy (non-hydrogen) atoms. The number of carbonyl (C=O) groups excluding carboxylic acids is 1. The molecule has 1 aromatic carbocycles. The summed E-state index contributed by atoms with van der Waals surface area (Å²) in [6, 6.07) is 8.35. The lowest BCUT2D eigenvalue weighted by Crippen LogP contribution is -2.45.